The molecule has 6 nitrogen and oxygen atoms in total. The summed E-state index contributed by atoms with van der Waals surface area (Å²) in [5.41, 5.74) is 0.153. The van der Waals surface area contributed by atoms with Crippen molar-refractivity contribution in [2.75, 3.05) is 17.3 Å². The highest BCUT2D eigenvalue weighted by Gasteiger charge is 2.34. The summed E-state index contributed by atoms with van der Waals surface area (Å²) in [4.78, 5) is 7.08. The van der Waals surface area contributed by atoms with E-state index in [1.54, 1.807) is 0 Å². The first kappa shape index (κ1) is 16.4. The first-order valence-electron chi connectivity index (χ1n) is 6.12. The second-order valence-electron chi connectivity index (χ2n) is 4.37. The van der Waals surface area contributed by atoms with E-state index < -0.39 is 17.4 Å². The van der Waals surface area contributed by atoms with Gasteiger partial charge in [-0.2, -0.15) is 18.2 Å². The molecule has 0 aliphatic carbocycles. The molecule has 9 heteroatoms. The van der Waals surface area contributed by atoms with E-state index in [1.807, 2.05) is 19.3 Å². The number of aromatic nitrogens is 2. The van der Waals surface area contributed by atoms with Crippen molar-refractivity contribution in [2.24, 2.45) is 5.84 Å². The average Bonchev–Trinajstić information content (AvgIpc) is 2.43. The van der Waals surface area contributed by atoms with Crippen molar-refractivity contribution in [1.29, 1.82) is 0 Å². The van der Waals surface area contributed by atoms with E-state index >= 15 is 0 Å². The molecule has 0 fully saturated rings. The Bertz CT molecular complexity index is 440. The normalized spacial score (nSPS) is 12.3. The summed E-state index contributed by atoms with van der Waals surface area (Å²) in [6.07, 6.45) is -3.56. The predicted octanol–water partition coefficient (Wildman–Crippen LogP) is 1.74. The standard InChI is InChI=1S/C11H18F3N5O/c1-3-10(4-2,6-20)18-8-5-7(11(12,13)14)16-9(17-8)19-15/h5,20H,3-4,6,15H2,1-2H3,(H2,16,17,18,19). The number of alkyl halides is 3. The topological polar surface area (TPSA) is 96.1 Å². The van der Waals surface area contributed by atoms with Crippen LogP contribution in [0.2, 0.25) is 0 Å². The van der Waals surface area contributed by atoms with E-state index in [1.165, 1.54) is 0 Å². The van der Waals surface area contributed by atoms with Gasteiger partial charge in [0, 0.05) is 6.07 Å². The van der Waals surface area contributed by atoms with Crippen molar-refractivity contribution >= 4 is 11.8 Å². The summed E-state index contributed by atoms with van der Waals surface area (Å²) >= 11 is 0. The molecule has 0 bridgehead atoms. The SMILES string of the molecule is CCC(CC)(CO)Nc1cc(C(F)(F)F)nc(NN)n1. The molecule has 0 amide bonds. The van der Waals surface area contributed by atoms with Crippen molar-refractivity contribution in [1.82, 2.24) is 9.97 Å². The Morgan fingerprint density at radius 1 is 1.25 bits per heavy atom. The van der Waals surface area contributed by atoms with Crippen molar-refractivity contribution < 1.29 is 18.3 Å². The Kier molecular flexibility index (Phi) is 5.12. The second-order valence-corrected chi connectivity index (χ2v) is 4.37. The Labute approximate surface area is 114 Å². The van der Waals surface area contributed by atoms with Gasteiger partial charge >= 0.3 is 6.18 Å². The van der Waals surface area contributed by atoms with E-state index in [0.29, 0.717) is 12.8 Å². The largest absolute Gasteiger partial charge is 0.433 e. The Morgan fingerprint density at radius 2 is 1.85 bits per heavy atom. The van der Waals surface area contributed by atoms with E-state index in [2.05, 4.69) is 15.3 Å². The highest BCUT2D eigenvalue weighted by Crippen LogP contribution is 2.30. The van der Waals surface area contributed by atoms with Gasteiger partial charge in [-0.05, 0) is 12.8 Å². The molecule has 0 radical (unpaired) electrons. The van der Waals surface area contributed by atoms with E-state index in [4.69, 9.17) is 5.84 Å². The van der Waals surface area contributed by atoms with Crippen LogP contribution in [0.25, 0.3) is 0 Å². The number of hydrogen-bond donors (Lipinski definition) is 4. The summed E-state index contributed by atoms with van der Waals surface area (Å²) in [7, 11) is 0. The van der Waals surface area contributed by atoms with Crippen LogP contribution in [-0.4, -0.2) is 27.2 Å². The number of nitrogens with one attached hydrogen (secondary N) is 2. The number of halogens is 3. The van der Waals surface area contributed by atoms with Gasteiger partial charge in [0.1, 0.15) is 5.82 Å². The average molecular weight is 293 g/mol. The summed E-state index contributed by atoms with van der Waals surface area (Å²) in [6, 6.07) is 0.788. The molecule has 1 heterocycles. The zero-order chi connectivity index (χ0) is 15.4. The molecular formula is C11H18F3N5O. The monoisotopic (exact) mass is 293 g/mol. The molecule has 1 aromatic heterocycles. The van der Waals surface area contributed by atoms with Crippen LogP contribution in [-0.2, 0) is 6.18 Å². The number of anilines is 2. The Balaban J connectivity index is 3.18. The molecule has 114 valence electrons. The first-order valence-corrected chi connectivity index (χ1v) is 6.12. The lowest BCUT2D eigenvalue weighted by Gasteiger charge is -2.31. The molecule has 1 aromatic rings. The van der Waals surface area contributed by atoms with Crippen LogP contribution in [0.5, 0.6) is 0 Å². The fourth-order valence-electron chi connectivity index (χ4n) is 1.68. The molecule has 0 unspecified atom stereocenters. The molecule has 0 saturated heterocycles. The number of nitrogen functional groups attached to an aromatic ring is 1. The Morgan fingerprint density at radius 3 is 2.25 bits per heavy atom. The zero-order valence-electron chi connectivity index (χ0n) is 11.3. The maximum Gasteiger partial charge on any atom is 0.433 e. The minimum absolute atomic E-state index is 0.0435. The van der Waals surface area contributed by atoms with Crippen molar-refractivity contribution in [2.45, 2.75) is 38.4 Å². The number of nitrogens with zero attached hydrogens (tertiary/aromatic N) is 2. The highest BCUT2D eigenvalue weighted by molar-refractivity contribution is 5.44. The van der Waals surface area contributed by atoms with Crippen LogP contribution in [0.1, 0.15) is 32.4 Å². The molecule has 0 aliphatic rings. The van der Waals surface area contributed by atoms with Crippen molar-refractivity contribution in [3.05, 3.63) is 11.8 Å². The van der Waals surface area contributed by atoms with Crippen molar-refractivity contribution in [3.8, 4) is 0 Å². The van der Waals surface area contributed by atoms with Gasteiger partial charge in [0.05, 0.1) is 12.1 Å². The highest BCUT2D eigenvalue weighted by atomic mass is 19.4. The van der Waals surface area contributed by atoms with Crippen LogP contribution in [0.15, 0.2) is 6.07 Å². The molecule has 0 atom stereocenters. The molecule has 5 N–H and O–H groups in total. The van der Waals surface area contributed by atoms with Crippen LogP contribution in [0.3, 0.4) is 0 Å². The third-order valence-electron chi connectivity index (χ3n) is 3.20. The molecular weight excluding hydrogens is 275 g/mol. The lowest BCUT2D eigenvalue weighted by Crippen LogP contribution is -2.41. The molecule has 0 aromatic carbocycles. The molecule has 0 saturated carbocycles. The third-order valence-corrected chi connectivity index (χ3v) is 3.20. The van der Waals surface area contributed by atoms with Crippen molar-refractivity contribution in [3.63, 3.8) is 0 Å². The lowest BCUT2D eigenvalue weighted by molar-refractivity contribution is -0.141. The number of aliphatic hydroxyl groups excluding tert-OH is 1. The quantitative estimate of drug-likeness (QED) is 0.471. The van der Waals surface area contributed by atoms with Gasteiger partial charge in [-0.1, -0.05) is 13.8 Å². The van der Waals surface area contributed by atoms with Crippen LogP contribution in [0, 0.1) is 0 Å². The maximum absolute atomic E-state index is 12.7. The van der Waals surface area contributed by atoms with Gasteiger partial charge in [0.2, 0.25) is 5.95 Å². The Hall–Kier alpha value is -1.61. The molecule has 0 aliphatic heterocycles. The van der Waals surface area contributed by atoms with E-state index in [0.717, 1.165) is 6.07 Å². The maximum atomic E-state index is 12.7. The fraction of sp³-hybridized carbons (Fsp3) is 0.636. The van der Waals surface area contributed by atoms with Gasteiger partial charge in [-0.3, -0.25) is 5.43 Å². The summed E-state index contributed by atoms with van der Waals surface area (Å²) in [6.45, 7) is 3.41. The number of hydrogen-bond acceptors (Lipinski definition) is 6. The van der Waals surface area contributed by atoms with Gasteiger partial charge in [-0.15, -0.1) is 0 Å². The number of rotatable bonds is 6. The van der Waals surface area contributed by atoms with Gasteiger partial charge in [-0.25, -0.2) is 10.8 Å². The lowest BCUT2D eigenvalue weighted by atomic mass is 9.94. The molecule has 20 heavy (non-hydrogen) atoms. The third kappa shape index (κ3) is 3.70. The van der Waals surface area contributed by atoms with Crippen LogP contribution < -0.4 is 16.6 Å². The number of aliphatic hydroxyl groups is 1. The summed E-state index contributed by atoms with van der Waals surface area (Å²) in [5, 5.41) is 12.3. The first-order chi connectivity index (χ1) is 9.30. The van der Waals surface area contributed by atoms with E-state index in [9.17, 15) is 18.3 Å². The van der Waals surface area contributed by atoms with E-state index in [-0.39, 0.29) is 18.4 Å². The minimum atomic E-state index is -4.61. The minimum Gasteiger partial charge on any atom is -0.394 e. The van der Waals surface area contributed by atoms with Gasteiger partial charge in [0.25, 0.3) is 0 Å². The summed E-state index contributed by atoms with van der Waals surface area (Å²) in [5.74, 6) is 4.68. The molecule has 1 rings (SSSR count). The van der Waals surface area contributed by atoms with Gasteiger partial charge in [0.15, 0.2) is 5.69 Å². The zero-order valence-corrected chi connectivity index (χ0v) is 11.3. The van der Waals surface area contributed by atoms with Crippen LogP contribution in [0.4, 0.5) is 24.9 Å². The fourth-order valence-corrected chi connectivity index (χ4v) is 1.68. The smallest absolute Gasteiger partial charge is 0.394 e. The number of nitrogens with two attached hydrogens (primary N) is 1. The van der Waals surface area contributed by atoms with Gasteiger partial charge < -0.3 is 10.4 Å². The summed E-state index contributed by atoms with van der Waals surface area (Å²) < 4.78 is 38.2. The van der Waals surface area contributed by atoms with Crippen LogP contribution >= 0.6 is 0 Å². The second kappa shape index (κ2) is 6.23. The molecule has 0 spiro atoms. The number of hydrazine groups is 1. The predicted molar refractivity (Wildman–Crippen MR) is 68.9 cm³/mol.